The molecule has 0 saturated carbocycles. The first-order valence-corrected chi connectivity index (χ1v) is 13.9. The molecule has 1 N–H and O–H groups in total. The lowest BCUT2D eigenvalue weighted by Gasteiger charge is -2.32. The lowest BCUT2D eigenvalue weighted by atomic mass is 10.1. The maximum absolute atomic E-state index is 13.5. The van der Waals surface area contributed by atoms with Gasteiger partial charge in [-0.2, -0.15) is 13.2 Å². The molecule has 2 rings (SSSR count). The molecule has 0 radical (unpaired) electrons. The summed E-state index contributed by atoms with van der Waals surface area (Å²) in [4.78, 5) is 27.6. The Kier molecular flexibility index (Phi) is 10.4. The number of methoxy groups -OCH3 is 1. The monoisotopic (exact) mass is 577 g/mol. The van der Waals surface area contributed by atoms with Crippen LogP contribution in [0.25, 0.3) is 0 Å². The van der Waals surface area contributed by atoms with Gasteiger partial charge in [0.05, 0.1) is 29.6 Å². The lowest BCUT2D eigenvalue weighted by molar-refractivity contribution is -0.139. The summed E-state index contributed by atoms with van der Waals surface area (Å²) in [6.45, 7) is 4.23. The number of carbonyl (C=O) groups excluding carboxylic acids is 2. The largest absolute Gasteiger partial charge is 0.497 e. The van der Waals surface area contributed by atoms with Crippen molar-refractivity contribution in [1.29, 1.82) is 0 Å². The first-order valence-electron chi connectivity index (χ1n) is 11.7. The minimum Gasteiger partial charge on any atom is -0.497 e. The van der Waals surface area contributed by atoms with Crippen molar-refractivity contribution in [1.82, 2.24) is 10.2 Å². The molecule has 0 fully saturated rings. The van der Waals surface area contributed by atoms with Crippen molar-refractivity contribution in [3.63, 3.8) is 0 Å². The zero-order valence-electron chi connectivity index (χ0n) is 21.7. The molecule has 38 heavy (non-hydrogen) atoms. The lowest BCUT2D eigenvalue weighted by Crippen LogP contribution is -2.52. The van der Waals surface area contributed by atoms with Gasteiger partial charge in [-0.1, -0.05) is 30.7 Å². The Labute approximate surface area is 225 Å². The molecule has 0 aliphatic heterocycles. The van der Waals surface area contributed by atoms with Crippen LogP contribution in [0.4, 0.5) is 18.9 Å². The molecule has 8 nitrogen and oxygen atoms in total. The molecule has 0 bridgehead atoms. The molecule has 0 aliphatic carbocycles. The maximum atomic E-state index is 13.5. The van der Waals surface area contributed by atoms with Crippen molar-refractivity contribution in [2.75, 3.05) is 24.2 Å². The fourth-order valence-electron chi connectivity index (χ4n) is 3.51. The summed E-state index contributed by atoms with van der Waals surface area (Å²) < 4.78 is 71.3. The van der Waals surface area contributed by atoms with Crippen LogP contribution in [0, 0.1) is 0 Å². The van der Waals surface area contributed by atoms with E-state index in [1.54, 1.807) is 31.2 Å². The number of sulfonamides is 1. The van der Waals surface area contributed by atoms with E-state index < -0.39 is 56.9 Å². The highest BCUT2D eigenvalue weighted by molar-refractivity contribution is 7.92. The molecule has 210 valence electrons. The third kappa shape index (κ3) is 8.26. The number of nitrogens with one attached hydrogen (secondary N) is 1. The Bertz CT molecular complexity index is 1260. The molecular formula is C25H31ClF3N3O5S. The van der Waals surface area contributed by atoms with E-state index in [1.165, 1.54) is 18.9 Å². The first kappa shape index (κ1) is 31.2. The number of hydrogen-bond donors (Lipinski definition) is 1. The van der Waals surface area contributed by atoms with Crippen molar-refractivity contribution in [2.24, 2.45) is 0 Å². The predicted octanol–water partition coefficient (Wildman–Crippen LogP) is 4.47. The molecule has 2 amide bonds. The summed E-state index contributed by atoms with van der Waals surface area (Å²) in [5, 5.41) is 2.17. The van der Waals surface area contributed by atoms with Gasteiger partial charge in [0.25, 0.3) is 0 Å². The van der Waals surface area contributed by atoms with Crippen LogP contribution in [0.3, 0.4) is 0 Å². The summed E-state index contributed by atoms with van der Waals surface area (Å²) in [5.74, 6) is -0.758. The number of amides is 2. The van der Waals surface area contributed by atoms with Gasteiger partial charge in [0, 0.05) is 12.6 Å². The van der Waals surface area contributed by atoms with E-state index in [9.17, 15) is 31.2 Å². The SMILES string of the molecule is CC[C@@H](C)NC(=O)[C@H](C)N(Cc1cccc(OC)c1)C(=O)CN(c1ccc(Cl)c(C(F)(F)F)c1)S(C)(=O)=O. The van der Waals surface area contributed by atoms with Crippen LogP contribution in [0.1, 0.15) is 38.3 Å². The quantitative estimate of drug-likeness (QED) is 0.425. The molecule has 0 aliphatic rings. The number of nitrogens with zero attached hydrogens (tertiary/aromatic N) is 2. The Balaban J connectivity index is 2.49. The zero-order valence-corrected chi connectivity index (χ0v) is 23.2. The summed E-state index contributed by atoms with van der Waals surface area (Å²) in [5.41, 5.74) is -1.04. The highest BCUT2D eigenvalue weighted by Crippen LogP contribution is 2.37. The molecule has 0 unspecified atom stereocenters. The summed E-state index contributed by atoms with van der Waals surface area (Å²) in [7, 11) is -2.75. The molecule has 2 aromatic carbocycles. The van der Waals surface area contributed by atoms with Gasteiger partial charge in [-0.15, -0.1) is 0 Å². The number of carbonyl (C=O) groups is 2. The average Bonchev–Trinajstić information content (AvgIpc) is 2.84. The summed E-state index contributed by atoms with van der Waals surface area (Å²) in [6, 6.07) is 8.10. The van der Waals surface area contributed by atoms with E-state index in [4.69, 9.17) is 16.3 Å². The number of alkyl halides is 3. The average molecular weight is 578 g/mol. The van der Waals surface area contributed by atoms with E-state index in [-0.39, 0.29) is 12.6 Å². The summed E-state index contributed by atoms with van der Waals surface area (Å²) >= 11 is 5.68. The van der Waals surface area contributed by atoms with E-state index in [0.29, 0.717) is 28.1 Å². The normalized spacial score (nSPS) is 13.4. The molecule has 0 saturated heterocycles. The van der Waals surface area contributed by atoms with Gasteiger partial charge in [-0.3, -0.25) is 13.9 Å². The van der Waals surface area contributed by atoms with Crippen LogP contribution >= 0.6 is 11.6 Å². The number of halogens is 4. The first-order chi connectivity index (χ1) is 17.6. The number of benzene rings is 2. The second-order valence-electron chi connectivity index (χ2n) is 8.80. The van der Waals surface area contributed by atoms with Crippen LogP contribution in [0.5, 0.6) is 5.75 Å². The Morgan fingerprint density at radius 3 is 2.34 bits per heavy atom. The number of hydrogen-bond acceptors (Lipinski definition) is 5. The van der Waals surface area contributed by atoms with Gasteiger partial charge in [-0.05, 0) is 56.2 Å². The molecule has 13 heteroatoms. The molecule has 0 aromatic heterocycles. The fraction of sp³-hybridized carbons (Fsp3) is 0.440. The van der Waals surface area contributed by atoms with Crippen molar-refractivity contribution < 1.29 is 35.9 Å². The second-order valence-corrected chi connectivity index (χ2v) is 11.1. The zero-order chi connectivity index (χ0) is 28.8. The Morgan fingerprint density at radius 2 is 1.79 bits per heavy atom. The highest BCUT2D eigenvalue weighted by atomic mass is 35.5. The van der Waals surface area contributed by atoms with Crippen molar-refractivity contribution in [3.05, 3.63) is 58.6 Å². The third-order valence-corrected chi connectivity index (χ3v) is 7.35. The number of ether oxygens (including phenoxy) is 1. The van der Waals surface area contributed by atoms with Crippen LogP contribution in [0.15, 0.2) is 42.5 Å². The molecule has 2 atom stereocenters. The Hall–Kier alpha value is -2.99. The van der Waals surface area contributed by atoms with Gasteiger partial charge in [-0.25, -0.2) is 8.42 Å². The van der Waals surface area contributed by atoms with Crippen LogP contribution in [0.2, 0.25) is 5.02 Å². The third-order valence-electron chi connectivity index (χ3n) is 5.88. The standard InChI is InChI=1S/C25H31ClF3N3O5S/c1-6-16(2)30-24(34)17(3)31(14-18-8-7-9-20(12-18)37-4)23(33)15-32(38(5,35)36)19-10-11-22(26)21(13-19)25(27,28)29/h7-13,16-17H,6,14-15H2,1-5H3,(H,30,34)/t16-,17+/m1/s1. The van der Waals surface area contributed by atoms with Crippen molar-refractivity contribution in [3.8, 4) is 5.75 Å². The van der Waals surface area contributed by atoms with E-state index >= 15 is 0 Å². The molecular weight excluding hydrogens is 547 g/mol. The van der Waals surface area contributed by atoms with Gasteiger partial charge in [0.1, 0.15) is 18.3 Å². The van der Waals surface area contributed by atoms with Gasteiger partial charge >= 0.3 is 6.18 Å². The fourth-order valence-corrected chi connectivity index (χ4v) is 4.58. The minimum absolute atomic E-state index is 0.0862. The van der Waals surface area contributed by atoms with Gasteiger partial charge < -0.3 is 15.0 Å². The van der Waals surface area contributed by atoms with Crippen molar-refractivity contribution >= 4 is 39.1 Å². The molecule has 2 aromatic rings. The van der Waals surface area contributed by atoms with Crippen molar-refractivity contribution in [2.45, 2.75) is 52.0 Å². The number of rotatable bonds is 11. The highest BCUT2D eigenvalue weighted by Gasteiger charge is 2.35. The van der Waals surface area contributed by atoms with Crippen LogP contribution < -0.4 is 14.4 Å². The smallest absolute Gasteiger partial charge is 0.417 e. The van der Waals surface area contributed by atoms with Gasteiger partial charge in [0.15, 0.2) is 0 Å². The van der Waals surface area contributed by atoms with E-state index in [1.807, 2.05) is 6.92 Å². The summed E-state index contributed by atoms with van der Waals surface area (Å²) in [6.07, 6.45) is -3.43. The van der Waals surface area contributed by atoms with Gasteiger partial charge in [0.2, 0.25) is 21.8 Å². The topological polar surface area (TPSA) is 96.0 Å². The molecule has 0 heterocycles. The minimum atomic E-state index is -4.85. The van der Waals surface area contributed by atoms with Crippen LogP contribution in [-0.4, -0.2) is 57.1 Å². The number of anilines is 1. The van der Waals surface area contributed by atoms with Crippen LogP contribution in [-0.2, 0) is 32.3 Å². The second kappa shape index (κ2) is 12.7. The molecule has 0 spiro atoms. The predicted molar refractivity (Wildman–Crippen MR) is 140 cm³/mol. The maximum Gasteiger partial charge on any atom is 0.417 e. The van der Waals surface area contributed by atoms with E-state index in [0.717, 1.165) is 18.4 Å². The Morgan fingerprint density at radius 1 is 1.13 bits per heavy atom. The van der Waals surface area contributed by atoms with E-state index in [2.05, 4.69) is 5.32 Å².